The number of H-pyrrole nitrogens is 1. The summed E-state index contributed by atoms with van der Waals surface area (Å²) in [6.45, 7) is 3.49. The minimum atomic E-state index is -0.519. The SMILES string of the molecule is CCc1c(O)n(C2CCCN(C)C2)c(=O)[nH]c1=O. The maximum atomic E-state index is 11.9. The number of nitrogens with zero attached hydrogens (tertiary/aromatic N) is 2. The van der Waals surface area contributed by atoms with Crippen molar-refractivity contribution >= 4 is 0 Å². The van der Waals surface area contributed by atoms with Gasteiger partial charge < -0.3 is 10.0 Å². The molecule has 2 N–H and O–H groups in total. The molecular weight excluding hydrogens is 234 g/mol. The van der Waals surface area contributed by atoms with E-state index in [1.54, 1.807) is 6.92 Å². The quantitative estimate of drug-likeness (QED) is 0.782. The van der Waals surface area contributed by atoms with Crippen LogP contribution in [0.25, 0.3) is 0 Å². The number of hydrogen-bond acceptors (Lipinski definition) is 4. The van der Waals surface area contributed by atoms with Gasteiger partial charge in [-0.1, -0.05) is 6.92 Å². The fourth-order valence-electron chi connectivity index (χ4n) is 2.58. The number of piperidine rings is 1. The Hall–Kier alpha value is -1.56. The minimum Gasteiger partial charge on any atom is -0.494 e. The van der Waals surface area contributed by atoms with Gasteiger partial charge in [-0.15, -0.1) is 0 Å². The van der Waals surface area contributed by atoms with Gasteiger partial charge in [-0.3, -0.25) is 14.3 Å². The van der Waals surface area contributed by atoms with Crippen LogP contribution in [-0.4, -0.2) is 39.7 Å². The molecule has 18 heavy (non-hydrogen) atoms. The zero-order chi connectivity index (χ0) is 13.3. The number of likely N-dealkylation sites (N-methyl/N-ethyl adjacent to an activating group) is 1. The minimum absolute atomic E-state index is 0.0709. The number of hydrogen-bond donors (Lipinski definition) is 2. The van der Waals surface area contributed by atoms with E-state index in [9.17, 15) is 14.7 Å². The Morgan fingerprint density at radius 2 is 2.17 bits per heavy atom. The number of nitrogens with one attached hydrogen (secondary N) is 1. The predicted molar refractivity (Wildman–Crippen MR) is 68.1 cm³/mol. The summed E-state index contributed by atoms with van der Waals surface area (Å²) in [4.78, 5) is 27.8. The van der Waals surface area contributed by atoms with Crippen molar-refractivity contribution in [3.63, 3.8) is 0 Å². The third-order valence-corrected chi connectivity index (χ3v) is 3.53. The molecule has 1 aromatic rings. The molecule has 2 heterocycles. The van der Waals surface area contributed by atoms with E-state index in [-0.39, 0.29) is 17.5 Å². The molecule has 2 rings (SSSR count). The first kappa shape index (κ1) is 12.9. The zero-order valence-electron chi connectivity index (χ0n) is 10.8. The van der Waals surface area contributed by atoms with Crippen molar-refractivity contribution in [1.82, 2.24) is 14.5 Å². The van der Waals surface area contributed by atoms with E-state index in [0.717, 1.165) is 19.4 Å². The Balaban J connectivity index is 2.50. The summed E-state index contributed by atoms with van der Waals surface area (Å²) in [5.74, 6) is -0.174. The lowest BCUT2D eigenvalue weighted by Gasteiger charge is -2.31. The third-order valence-electron chi connectivity index (χ3n) is 3.53. The van der Waals surface area contributed by atoms with Crippen molar-refractivity contribution in [1.29, 1.82) is 0 Å². The van der Waals surface area contributed by atoms with E-state index in [1.807, 2.05) is 7.05 Å². The number of rotatable bonds is 2. The van der Waals surface area contributed by atoms with Crippen LogP contribution in [0.4, 0.5) is 0 Å². The molecule has 0 bridgehead atoms. The first-order valence-electron chi connectivity index (χ1n) is 6.29. The summed E-state index contributed by atoms with van der Waals surface area (Å²) in [6.07, 6.45) is 2.23. The lowest BCUT2D eigenvalue weighted by Crippen LogP contribution is -2.41. The van der Waals surface area contributed by atoms with Crippen LogP contribution in [0.1, 0.15) is 31.4 Å². The van der Waals surface area contributed by atoms with Crippen molar-refractivity contribution in [2.45, 2.75) is 32.2 Å². The second-order valence-corrected chi connectivity index (χ2v) is 4.84. The van der Waals surface area contributed by atoms with Gasteiger partial charge >= 0.3 is 5.69 Å². The summed E-state index contributed by atoms with van der Waals surface area (Å²) < 4.78 is 1.33. The topological polar surface area (TPSA) is 78.3 Å². The van der Waals surface area contributed by atoms with E-state index in [0.29, 0.717) is 13.0 Å². The van der Waals surface area contributed by atoms with E-state index >= 15 is 0 Å². The Labute approximate surface area is 105 Å². The normalized spacial score (nSPS) is 21.1. The van der Waals surface area contributed by atoms with Crippen LogP contribution in [0, 0.1) is 0 Å². The van der Waals surface area contributed by atoms with Gasteiger partial charge in [-0.2, -0.15) is 0 Å². The van der Waals surface area contributed by atoms with Crippen LogP contribution in [0.3, 0.4) is 0 Å². The van der Waals surface area contributed by atoms with E-state index in [4.69, 9.17) is 0 Å². The molecule has 0 amide bonds. The average molecular weight is 253 g/mol. The van der Waals surface area contributed by atoms with Crippen LogP contribution < -0.4 is 11.2 Å². The fraction of sp³-hybridized carbons (Fsp3) is 0.667. The van der Waals surface area contributed by atoms with Crippen LogP contribution in [-0.2, 0) is 6.42 Å². The Morgan fingerprint density at radius 1 is 1.44 bits per heavy atom. The molecule has 0 saturated carbocycles. The van der Waals surface area contributed by atoms with Crippen molar-refractivity contribution in [3.05, 3.63) is 26.4 Å². The molecular formula is C12H19N3O3. The molecule has 1 unspecified atom stereocenters. The molecule has 0 radical (unpaired) electrons. The first-order valence-corrected chi connectivity index (χ1v) is 6.29. The Bertz CT molecular complexity index is 546. The van der Waals surface area contributed by atoms with Crippen LogP contribution in [0.5, 0.6) is 5.88 Å². The van der Waals surface area contributed by atoms with Crippen molar-refractivity contribution in [3.8, 4) is 5.88 Å². The van der Waals surface area contributed by atoms with Gasteiger partial charge in [0.15, 0.2) is 0 Å². The summed E-state index contributed by atoms with van der Waals surface area (Å²) in [5, 5.41) is 10.1. The fourth-order valence-corrected chi connectivity index (χ4v) is 2.58. The van der Waals surface area contributed by atoms with Gasteiger partial charge in [0.2, 0.25) is 5.88 Å². The third kappa shape index (κ3) is 2.20. The Kier molecular flexibility index (Phi) is 3.56. The van der Waals surface area contributed by atoms with Crippen LogP contribution >= 0.6 is 0 Å². The van der Waals surface area contributed by atoms with Crippen molar-refractivity contribution < 1.29 is 5.11 Å². The van der Waals surface area contributed by atoms with Gasteiger partial charge in [-0.25, -0.2) is 4.79 Å². The highest BCUT2D eigenvalue weighted by atomic mass is 16.3. The smallest absolute Gasteiger partial charge is 0.331 e. The van der Waals surface area contributed by atoms with Gasteiger partial charge in [-0.05, 0) is 32.9 Å². The molecule has 1 fully saturated rings. The maximum Gasteiger partial charge on any atom is 0.331 e. The predicted octanol–water partition coefficient (Wildman–Crippen LogP) is 0.0713. The second-order valence-electron chi connectivity index (χ2n) is 4.84. The molecule has 1 aliphatic rings. The van der Waals surface area contributed by atoms with Gasteiger partial charge in [0.05, 0.1) is 11.6 Å². The second kappa shape index (κ2) is 4.97. The summed E-state index contributed by atoms with van der Waals surface area (Å²) >= 11 is 0. The number of aromatic nitrogens is 2. The number of aromatic hydroxyl groups is 1. The molecule has 1 aliphatic heterocycles. The van der Waals surface area contributed by atoms with Gasteiger partial charge in [0.25, 0.3) is 5.56 Å². The highest BCUT2D eigenvalue weighted by Gasteiger charge is 2.24. The lowest BCUT2D eigenvalue weighted by molar-refractivity contribution is 0.196. The van der Waals surface area contributed by atoms with E-state index in [1.165, 1.54) is 4.57 Å². The Morgan fingerprint density at radius 3 is 2.78 bits per heavy atom. The largest absolute Gasteiger partial charge is 0.494 e. The standard InChI is InChI=1S/C12H19N3O3/c1-3-9-10(16)13-12(18)15(11(9)17)8-5-4-6-14(2)7-8/h8,17H,3-7H2,1-2H3,(H,13,16,18). The summed E-state index contributed by atoms with van der Waals surface area (Å²) in [7, 11) is 1.99. The van der Waals surface area contributed by atoms with Crippen molar-refractivity contribution in [2.24, 2.45) is 0 Å². The molecule has 6 nitrogen and oxygen atoms in total. The number of aromatic amines is 1. The van der Waals surface area contributed by atoms with E-state index < -0.39 is 11.2 Å². The van der Waals surface area contributed by atoms with Crippen LogP contribution in [0.15, 0.2) is 9.59 Å². The molecule has 1 saturated heterocycles. The molecule has 1 atom stereocenters. The molecule has 0 aliphatic carbocycles. The maximum absolute atomic E-state index is 11.9. The monoisotopic (exact) mass is 253 g/mol. The molecule has 1 aromatic heterocycles. The molecule has 0 spiro atoms. The molecule has 6 heteroatoms. The highest BCUT2D eigenvalue weighted by Crippen LogP contribution is 2.23. The van der Waals surface area contributed by atoms with Gasteiger partial charge in [0, 0.05) is 6.54 Å². The zero-order valence-corrected chi connectivity index (χ0v) is 10.8. The van der Waals surface area contributed by atoms with E-state index in [2.05, 4.69) is 9.88 Å². The highest BCUT2D eigenvalue weighted by molar-refractivity contribution is 5.23. The van der Waals surface area contributed by atoms with Gasteiger partial charge in [0.1, 0.15) is 0 Å². The van der Waals surface area contributed by atoms with Crippen LogP contribution in [0.2, 0.25) is 0 Å². The van der Waals surface area contributed by atoms with Crippen molar-refractivity contribution in [2.75, 3.05) is 20.1 Å². The lowest BCUT2D eigenvalue weighted by atomic mass is 10.1. The number of likely N-dealkylation sites (tertiary alicyclic amines) is 1. The summed E-state index contributed by atoms with van der Waals surface area (Å²) in [5.41, 5.74) is -0.724. The average Bonchev–Trinajstić information content (AvgIpc) is 2.28. The molecule has 0 aromatic carbocycles. The summed E-state index contributed by atoms with van der Waals surface area (Å²) in [6, 6.07) is -0.0709. The first-order chi connectivity index (χ1) is 8.54. The molecule has 100 valence electrons.